The molecule has 0 aliphatic carbocycles. The number of nitrogens with zero attached hydrogens (tertiary/aromatic N) is 2. The van der Waals surface area contributed by atoms with E-state index in [1.807, 2.05) is 42.5 Å². The van der Waals surface area contributed by atoms with Crippen LogP contribution in [0.25, 0.3) is 11.8 Å². The van der Waals surface area contributed by atoms with Gasteiger partial charge in [-0.1, -0.05) is 69.6 Å². The maximum absolute atomic E-state index is 14.2. The Morgan fingerprint density at radius 1 is 1.07 bits per heavy atom. The molecule has 10 heteroatoms. The van der Waals surface area contributed by atoms with Crippen LogP contribution in [0.1, 0.15) is 29.7 Å². The van der Waals surface area contributed by atoms with E-state index in [4.69, 9.17) is 30.4 Å². The third-order valence-electron chi connectivity index (χ3n) is 6.67. The number of benzene rings is 3. The van der Waals surface area contributed by atoms with Crippen molar-refractivity contribution in [1.29, 1.82) is 0 Å². The van der Waals surface area contributed by atoms with Crippen molar-refractivity contribution >= 4 is 45.0 Å². The van der Waals surface area contributed by atoms with Gasteiger partial charge < -0.3 is 18.9 Å². The second-order valence-electron chi connectivity index (χ2n) is 9.22. The van der Waals surface area contributed by atoms with E-state index in [9.17, 15) is 9.59 Å². The van der Waals surface area contributed by atoms with Crippen LogP contribution in [-0.4, -0.2) is 38.0 Å². The number of fused-ring (bicyclic) bond motifs is 1. The molecule has 1 atom stereocenters. The van der Waals surface area contributed by atoms with Crippen LogP contribution in [0.2, 0.25) is 0 Å². The Morgan fingerprint density at radius 2 is 1.81 bits per heavy atom. The van der Waals surface area contributed by atoms with Gasteiger partial charge in [-0.2, -0.15) is 0 Å². The summed E-state index contributed by atoms with van der Waals surface area (Å²) in [6.45, 7) is 1.96. The van der Waals surface area contributed by atoms with E-state index in [2.05, 4.69) is 21.9 Å². The highest BCUT2D eigenvalue weighted by atomic mass is 79.9. The Kier molecular flexibility index (Phi) is 9.14. The van der Waals surface area contributed by atoms with Crippen molar-refractivity contribution in [2.75, 3.05) is 27.4 Å². The van der Waals surface area contributed by atoms with Crippen LogP contribution in [0.15, 0.2) is 86.6 Å². The van der Waals surface area contributed by atoms with Gasteiger partial charge in [0.05, 0.1) is 42.7 Å². The summed E-state index contributed by atoms with van der Waals surface area (Å²) in [7, 11) is 3.07. The lowest BCUT2D eigenvalue weighted by molar-refractivity contribution is -0.138. The molecular weight excluding hydrogens is 632 g/mol. The lowest BCUT2D eigenvalue weighted by Gasteiger charge is -2.26. The van der Waals surface area contributed by atoms with Gasteiger partial charge in [0.2, 0.25) is 0 Å². The average Bonchev–Trinajstić information content (AvgIpc) is 3.34. The smallest absolute Gasteiger partial charge is 0.338 e. The summed E-state index contributed by atoms with van der Waals surface area (Å²) in [4.78, 5) is 33.2. The van der Waals surface area contributed by atoms with Gasteiger partial charge in [0.25, 0.3) is 5.56 Å². The molecule has 8 nitrogen and oxygen atoms in total. The maximum atomic E-state index is 14.2. The summed E-state index contributed by atoms with van der Waals surface area (Å²) in [5.74, 6) is 3.39. The monoisotopic (exact) mass is 658 g/mol. The van der Waals surface area contributed by atoms with Crippen LogP contribution in [0.4, 0.5) is 0 Å². The molecule has 1 aliphatic heterocycles. The summed E-state index contributed by atoms with van der Waals surface area (Å²) in [6, 6.07) is 19.2. The predicted octanol–water partition coefficient (Wildman–Crippen LogP) is 4.73. The number of esters is 1. The van der Waals surface area contributed by atoms with Gasteiger partial charge in [-0.3, -0.25) is 9.36 Å². The first kappa shape index (κ1) is 29.9. The molecule has 0 bridgehead atoms. The zero-order valence-corrected chi connectivity index (χ0v) is 26.0. The molecule has 0 fully saturated rings. The van der Waals surface area contributed by atoms with Crippen molar-refractivity contribution in [2.24, 2.45) is 4.99 Å². The molecule has 2 heterocycles. The standard InChI is InChI=1S/C33H27BrN2O6S/c1-5-16-42-24-15-13-23(34)17-22(24)19-27-31(37)36-30(21-12-14-25(39-3)26(18-21)40-4)28(32(38)41-6-2)29(35-33(36)43-27)20-10-8-7-9-11-20/h1,7-15,17-19,30H,6,16H2,2-4H3/b27-19-/t30-/m0/s1. The van der Waals surface area contributed by atoms with Crippen LogP contribution < -0.4 is 29.1 Å². The Morgan fingerprint density at radius 3 is 2.51 bits per heavy atom. The maximum Gasteiger partial charge on any atom is 0.338 e. The molecular formula is C33H27BrN2O6S. The zero-order chi connectivity index (χ0) is 30.5. The Balaban J connectivity index is 1.83. The topological polar surface area (TPSA) is 88.3 Å². The molecule has 4 aromatic rings. The third kappa shape index (κ3) is 6.00. The van der Waals surface area contributed by atoms with Gasteiger partial charge in [-0.05, 0) is 48.9 Å². The fourth-order valence-electron chi connectivity index (χ4n) is 4.80. The van der Waals surface area contributed by atoms with E-state index in [0.717, 1.165) is 4.47 Å². The number of hydrogen-bond acceptors (Lipinski definition) is 8. The molecule has 0 saturated carbocycles. The van der Waals surface area contributed by atoms with Gasteiger partial charge in [0.1, 0.15) is 12.4 Å². The molecule has 0 radical (unpaired) electrons. The number of rotatable bonds is 9. The molecule has 0 unspecified atom stereocenters. The number of hydrogen-bond donors (Lipinski definition) is 0. The van der Waals surface area contributed by atoms with Crippen molar-refractivity contribution < 1.29 is 23.7 Å². The van der Waals surface area contributed by atoms with Gasteiger partial charge in [-0.25, -0.2) is 9.79 Å². The molecule has 1 aromatic heterocycles. The van der Waals surface area contributed by atoms with Crippen LogP contribution in [-0.2, 0) is 9.53 Å². The molecule has 218 valence electrons. The minimum atomic E-state index is -0.868. The summed E-state index contributed by atoms with van der Waals surface area (Å²) >= 11 is 4.71. The SMILES string of the molecule is C#CCOc1ccc(Br)cc1/C=c1\sc2n(c1=O)[C@@H](c1ccc(OC)c(OC)c1)C(C(=O)OCC)=C(c1ccccc1)N=2. The Labute approximate surface area is 260 Å². The Bertz CT molecular complexity index is 1940. The highest BCUT2D eigenvalue weighted by Crippen LogP contribution is 2.38. The van der Waals surface area contributed by atoms with E-state index in [-0.39, 0.29) is 24.3 Å². The number of aromatic nitrogens is 1. The van der Waals surface area contributed by atoms with Gasteiger partial charge >= 0.3 is 5.97 Å². The fraction of sp³-hybridized carbons (Fsp3) is 0.182. The molecule has 5 rings (SSSR count). The quantitative estimate of drug-likeness (QED) is 0.191. The number of thiazole rings is 1. The molecule has 0 saturated heterocycles. The van der Waals surface area contributed by atoms with Gasteiger partial charge in [-0.15, -0.1) is 6.42 Å². The van der Waals surface area contributed by atoms with Gasteiger partial charge in [0.15, 0.2) is 16.3 Å². The first-order chi connectivity index (χ1) is 20.9. The highest BCUT2D eigenvalue weighted by molar-refractivity contribution is 9.10. The second kappa shape index (κ2) is 13.2. The molecule has 0 amide bonds. The fourth-order valence-corrected chi connectivity index (χ4v) is 6.17. The minimum absolute atomic E-state index is 0.0758. The van der Waals surface area contributed by atoms with Crippen LogP contribution in [0, 0.1) is 12.3 Å². The molecule has 43 heavy (non-hydrogen) atoms. The van der Waals surface area contributed by atoms with E-state index in [1.54, 1.807) is 44.4 Å². The third-order valence-corrected chi connectivity index (χ3v) is 8.14. The molecule has 0 N–H and O–H groups in total. The lowest BCUT2D eigenvalue weighted by Crippen LogP contribution is -2.40. The van der Waals surface area contributed by atoms with E-state index < -0.39 is 12.0 Å². The molecule has 3 aromatic carbocycles. The number of methoxy groups -OCH3 is 2. The largest absolute Gasteiger partial charge is 0.493 e. The zero-order valence-electron chi connectivity index (χ0n) is 23.6. The van der Waals surface area contributed by atoms with Crippen molar-refractivity contribution in [2.45, 2.75) is 13.0 Å². The molecule has 0 spiro atoms. The van der Waals surface area contributed by atoms with Crippen molar-refractivity contribution in [3.05, 3.63) is 113 Å². The highest BCUT2D eigenvalue weighted by Gasteiger charge is 2.35. The summed E-state index contributed by atoms with van der Waals surface area (Å²) in [5.41, 5.74) is 2.32. The van der Waals surface area contributed by atoms with Crippen molar-refractivity contribution in [3.8, 4) is 29.6 Å². The van der Waals surface area contributed by atoms with E-state index in [1.165, 1.54) is 23.0 Å². The van der Waals surface area contributed by atoms with Gasteiger partial charge in [0, 0.05) is 15.6 Å². The number of terminal acetylenes is 1. The summed E-state index contributed by atoms with van der Waals surface area (Å²) in [5, 5.41) is 0. The number of halogens is 1. The van der Waals surface area contributed by atoms with E-state index >= 15 is 0 Å². The summed E-state index contributed by atoms with van der Waals surface area (Å²) in [6.07, 6.45) is 7.15. The second-order valence-corrected chi connectivity index (χ2v) is 11.1. The van der Waals surface area contributed by atoms with Crippen molar-refractivity contribution in [1.82, 2.24) is 4.57 Å². The lowest BCUT2D eigenvalue weighted by atomic mass is 9.93. The molecule has 1 aliphatic rings. The Hall–Kier alpha value is -4.59. The van der Waals surface area contributed by atoms with Crippen molar-refractivity contribution in [3.63, 3.8) is 0 Å². The first-order valence-electron chi connectivity index (χ1n) is 13.3. The number of ether oxygens (including phenoxy) is 4. The van der Waals surface area contributed by atoms with Crippen LogP contribution in [0.5, 0.6) is 17.2 Å². The van der Waals surface area contributed by atoms with Crippen LogP contribution >= 0.6 is 27.3 Å². The number of carbonyl (C=O) groups is 1. The minimum Gasteiger partial charge on any atom is -0.493 e. The summed E-state index contributed by atoms with van der Waals surface area (Å²) < 4.78 is 25.0. The normalized spacial score (nSPS) is 14.4. The van der Waals surface area contributed by atoms with E-state index in [0.29, 0.717) is 49.0 Å². The first-order valence-corrected chi connectivity index (χ1v) is 14.9. The predicted molar refractivity (Wildman–Crippen MR) is 169 cm³/mol. The average molecular weight is 660 g/mol. The van der Waals surface area contributed by atoms with Crippen LogP contribution in [0.3, 0.4) is 0 Å². The number of carbonyl (C=O) groups excluding carboxylic acids is 1.